The van der Waals surface area contributed by atoms with Crippen molar-refractivity contribution in [2.45, 2.75) is 41.0 Å². The molecule has 0 unspecified atom stereocenters. The van der Waals surface area contributed by atoms with Crippen LogP contribution in [0.4, 0.5) is 11.8 Å². The lowest BCUT2D eigenvalue weighted by Crippen LogP contribution is -2.22. The molecule has 0 atom stereocenters. The van der Waals surface area contributed by atoms with Crippen molar-refractivity contribution in [3.8, 4) is 0 Å². The Morgan fingerprint density at radius 1 is 1.20 bits per heavy atom. The number of anilines is 2. The van der Waals surface area contributed by atoms with Crippen molar-refractivity contribution in [3.63, 3.8) is 0 Å². The van der Waals surface area contributed by atoms with Gasteiger partial charge in [0.15, 0.2) is 0 Å². The second kappa shape index (κ2) is 5.95. The molecule has 0 aromatic carbocycles. The number of fused-ring (bicyclic) bond motifs is 1. The van der Waals surface area contributed by atoms with Crippen molar-refractivity contribution in [3.05, 3.63) is 10.9 Å². The molecule has 0 saturated carbocycles. The van der Waals surface area contributed by atoms with Crippen LogP contribution in [-0.2, 0) is 0 Å². The van der Waals surface area contributed by atoms with Gasteiger partial charge in [0.25, 0.3) is 0 Å². The fourth-order valence-electron chi connectivity index (χ4n) is 1.86. The first-order chi connectivity index (χ1) is 9.45. The molecule has 20 heavy (non-hydrogen) atoms. The van der Waals surface area contributed by atoms with E-state index < -0.39 is 0 Å². The normalized spacial score (nSPS) is 11.8. The van der Waals surface area contributed by atoms with Gasteiger partial charge in [-0.3, -0.25) is 0 Å². The van der Waals surface area contributed by atoms with Gasteiger partial charge in [-0.05, 0) is 31.7 Å². The first-order valence-electron chi connectivity index (χ1n) is 7.21. The second-order valence-electron chi connectivity index (χ2n) is 5.87. The highest BCUT2D eigenvalue weighted by molar-refractivity contribution is 7.18. The molecule has 0 aliphatic rings. The van der Waals surface area contributed by atoms with Crippen molar-refractivity contribution < 1.29 is 0 Å². The van der Waals surface area contributed by atoms with Gasteiger partial charge in [-0.25, -0.2) is 4.98 Å². The SMILES string of the molecule is CCNc1nc(NCC(C)(C)CC)c2cc(C)sc2n1. The molecule has 0 bridgehead atoms. The number of aryl methyl sites for hydroxylation is 1. The maximum Gasteiger partial charge on any atom is 0.226 e. The average Bonchev–Trinajstić information content (AvgIpc) is 2.77. The third-order valence-electron chi connectivity index (χ3n) is 3.54. The Morgan fingerprint density at radius 3 is 2.60 bits per heavy atom. The zero-order valence-electron chi connectivity index (χ0n) is 13.0. The second-order valence-corrected chi connectivity index (χ2v) is 7.11. The number of nitrogens with zero attached hydrogens (tertiary/aromatic N) is 2. The molecule has 0 amide bonds. The van der Waals surface area contributed by atoms with Crippen molar-refractivity contribution in [1.82, 2.24) is 9.97 Å². The molecule has 4 nitrogen and oxygen atoms in total. The highest BCUT2D eigenvalue weighted by atomic mass is 32.1. The minimum absolute atomic E-state index is 0.265. The van der Waals surface area contributed by atoms with Gasteiger partial charge in [-0.15, -0.1) is 11.3 Å². The average molecular weight is 292 g/mol. The molecule has 2 heterocycles. The van der Waals surface area contributed by atoms with Crippen molar-refractivity contribution >= 4 is 33.3 Å². The van der Waals surface area contributed by atoms with Crippen LogP contribution in [0.5, 0.6) is 0 Å². The Hall–Kier alpha value is -1.36. The van der Waals surface area contributed by atoms with E-state index in [1.54, 1.807) is 11.3 Å². The number of nitrogens with one attached hydrogen (secondary N) is 2. The van der Waals surface area contributed by atoms with Crippen LogP contribution in [0.25, 0.3) is 10.2 Å². The van der Waals surface area contributed by atoms with Gasteiger partial charge in [-0.1, -0.05) is 20.8 Å². The van der Waals surface area contributed by atoms with E-state index in [2.05, 4.69) is 61.3 Å². The summed E-state index contributed by atoms with van der Waals surface area (Å²) in [5, 5.41) is 7.84. The fourth-order valence-corrected chi connectivity index (χ4v) is 2.74. The lowest BCUT2D eigenvalue weighted by Gasteiger charge is -2.23. The Balaban J connectivity index is 2.34. The smallest absolute Gasteiger partial charge is 0.226 e. The molecular formula is C15H24N4S. The minimum atomic E-state index is 0.265. The Labute approximate surface area is 125 Å². The van der Waals surface area contributed by atoms with Gasteiger partial charge in [0.2, 0.25) is 5.95 Å². The number of rotatable bonds is 6. The number of hydrogen-bond acceptors (Lipinski definition) is 5. The van der Waals surface area contributed by atoms with Gasteiger partial charge in [-0.2, -0.15) is 4.98 Å². The molecular weight excluding hydrogens is 268 g/mol. The Kier molecular flexibility index (Phi) is 4.48. The summed E-state index contributed by atoms with van der Waals surface area (Å²) in [7, 11) is 0. The van der Waals surface area contributed by atoms with E-state index >= 15 is 0 Å². The zero-order chi connectivity index (χ0) is 14.8. The number of aromatic nitrogens is 2. The van der Waals surface area contributed by atoms with E-state index in [1.165, 1.54) is 4.88 Å². The predicted molar refractivity (Wildman–Crippen MR) is 88.9 cm³/mol. The van der Waals surface area contributed by atoms with E-state index in [1.807, 2.05) is 0 Å². The summed E-state index contributed by atoms with van der Waals surface area (Å²) < 4.78 is 0. The fraction of sp³-hybridized carbons (Fsp3) is 0.600. The summed E-state index contributed by atoms with van der Waals surface area (Å²) >= 11 is 1.71. The molecule has 0 saturated heterocycles. The molecule has 2 aromatic heterocycles. The zero-order valence-corrected chi connectivity index (χ0v) is 13.8. The predicted octanol–water partition coefficient (Wildman–Crippen LogP) is 4.28. The van der Waals surface area contributed by atoms with Gasteiger partial charge in [0.1, 0.15) is 10.6 Å². The van der Waals surface area contributed by atoms with Crippen LogP contribution in [0.1, 0.15) is 39.0 Å². The van der Waals surface area contributed by atoms with Gasteiger partial charge in [0.05, 0.1) is 5.39 Å². The van der Waals surface area contributed by atoms with Gasteiger partial charge in [0, 0.05) is 18.0 Å². The van der Waals surface area contributed by atoms with Crippen LogP contribution >= 0.6 is 11.3 Å². The third-order valence-corrected chi connectivity index (χ3v) is 4.49. The maximum atomic E-state index is 4.61. The van der Waals surface area contributed by atoms with Crippen LogP contribution in [0.2, 0.25) is 0 Å². The van der Waals surface area contributed by atoms with Crippen LogP contribution in [0.3, 0.4) is 0 Å². The van der Waals surface area contributed by atoms with Crippen LogP contribution in [-0.4, -0.2) is 23.1 Å². The molecule has 2 N–H and O–H groups in total. The van der Waals surface area contributed by atoms with E-state index in [0.29, 0.717) is 5.95 Å². The minimum Gasteiger partial charge on any atom is -0.369 e. The molecule has 0 fully saturated rings. The molecule has 0 radical (unpaired) electrons. The summed E-state index contributed by atoms with van der Waals surface area (Å²) in [5.74, 6) is 1.65. The van der Waals surface area contributed by atoms with E-state index in [-0.39, 0.29) is 5.41 Å². The lowest BCUT2D eigenvalue weighted by molar-refractivity contribution is 0.376. The molecule has 110 valence electrons. The molecule has 5 heteroatoms. The van der Waals surface area contributed by atoms with Crippen LogP contribution < -0.4 is 10.6 Å². The van der Waals surface area contributed by atoms with Crippen LogP contribution in [0.15, 0.2) is 6.07 Å². The van der Waals surface area contributed by atoms with Crippen molar-refractivity contribution in [2.75, 3.05) is 23.7 Å². The van der Waals surface area contributed by atoms with Crippen molar-refractivity contribution in [1.29, 1.82) is 0 Å². The third kappa shape index (κ3) is 3.39. The van der Waals surface area contributed by atoms with E-state index in [0.717, 1.165) is 35.5 Å². The number of thiophene rings is 1. The monoisotopic (exact) mass is 292 g/mol. The maximum absolute atomic E-state index is 4.61. The molecule has 0 aliphatic carbocycles. The Bertz CT molecular complexity index is 589. The summed E-state index contributed by atoms with van der Waals surface area (Å²) in [5.41, 5.74) is 0.265. The van der Waals surface area contributed by atoms with E-state index in [9.17, 15) is 0 Å². The lowest BCUT2D eigenvalue weighted by atomic mass is 9.90. The highest BCUT2D eigenvalue weighted by Gasteiger charge is 2.17. The standard InChI is InChI=1S/C15H24N4S/c1-6-15(4,5)9-17-12-11-8-10(3)20-13(11)19-14(18-12)16-7-2/h8H,6-7,9H2,1-5H3,(H2,16,17,18,19). The van der Waals surface area contributed by atoms with Gasteiger partial charge >= 0.3 is 0 Å². The molecule has 2 aromatic rings. The van der Waals surface area contributed by atoms with Crippen molar-refractivity contribution in [2.24, 2.45) is 5.41 Å². The topological polar surface area (TPSA) is 49.8 Å². The highest BCUT2D eigenvalue weighted by Crippen LogP contribution is 2.30. The number of hydrogen-bond donors (Lipinski definition) is 2. The Morgan fingerprint density at radius 2 is 1.95 bits per heavy atom. The van der Waals surface area contributed by atoms with E-state index in [4.69, 9.17) is 0 Å². The summed E-state index contributed by atoms with van der Waals surface area (Å²) in [4.78, 5) is 11.5. The first kappa shape index (κ1) is 15.0. The summed E-state index contributed by atoms with van der Waals surface area (Å²) in [6.45, 7) is 12.7. The molecule has 0 spiro atoms. The molecule has 2 rings (SSSR count). The summed E-state index contributed by atoms with van der Waals surface area (Å²) in [6, 6.07) is 2.16. The first-order valence-corrected chi connectivity index (χ1v) is 8.02. The van der Waals surface area contributed by atoms with Crippen LogP contribution in [0, 0.1) is 12.3 Å². The quantitative estimate of drug-likeness (QED) is 0.834. The largest absolute Gasteiger partial charge is 0.369 e. The molecule has 0 aliphatic heterocycles. The van der Waals surface area contributed by atoms with Gasteiger partial charge < -0.3 is 10.6 Å². The summed E-state index contributed by atoms with van der Waals surface area (Å²) in [6.07, 6.45) is 1.14.